The third-order valence-electron chi connectivity index (χ3n) is 3.10. The summed E-state index contributed by atoms with van der Waals surface area (Å²) < 4.78 is 2.05. The summed E-state index contributed by atoms with van der Waals surface area (Å²) in [4.78, 5) is 0. The number of hydrogen-bond acceptors (Lipinski definition) is 2. The highest BCUT2D eigenvalue weighted by atomic mass is 35.5. The van der Waals surface area contributed by atoms with Crippen molar-refractivity contribution in [1.29, 1.82) is 0 Å². The van der Waals surface area contributed by atoms with Gasteiger partial charge < -0.3 is 4.57 Å². The van der Waals surface area contributed by atoms with Crippen molar-refractivity contribution in [3.05, 3.63) is 35.7 Å². The minimum atomic E-state index is 0.394. The molecule has 0 aliphatic rings. The quantitative estimate of drug-likeness (QED) is 0.785. The summed E-state index contributed by atoms with van der Waals surface area (Å²) in [6, 6.07) is 8.50. The molecule has 0 saturated carbocycles. The molecule has 0 bridgehead atoms. The Morgan fingerprint density at radius 1 is 1.17 bits per heavy atom. The first-order valence-electron chi connectivity index (χ1n) is 6.25. The van der Waals surface area contributed by atoms with Crippen LogP contribution in [0.25, 0.3) is 11.4 Å². The fourth-order valence-corrected chi connectivity index (χ4v) is 2.19. The Morgan fingerprint density at radius 2 is 1.83 bits per heavy atom. The van der Waals surface area contributed by atoms with E-state index in [-0.39, 0.29) is 0 Å². The number of rotatable bonds is 4. The van der Waals surface area contributed by atoms with E-state index in [1.807, 2.05) is 0 Å². The van der Waals surface area contributed by atoms with Gasteiger partial charge in [-0.25, -0.2) is 0 Å². The first-order chi connectivity index (χ1) is 8.67. The van der Waals surface area contributed by atoms with E-state index in [4.69, 9.17) is 11.6 Å². The predicted molar refractivity (Wildman–Crippen MR) is 74.8 cm³/mol. The van der Waals surface area contributed by atoms with Crippen LogP contribution in [0.5, 0.6) is 0 Å². The Bertz CT molecular complexity index is 514. The first kappa shape index (κ1) is 13.1. The zero-order chi connectivity index (χ0) is 13.1. The molecule has 0 fully saturated rings. The van der Waals surface area contributed by atoms with Crippen molar-refractivity contribution in [3.8, 4) is 11.4 Å². The molecule has 18 heavy (non-hydrogen) atoms. The van der Waals surface area contributed by atoms with Crippen molar-refractivity contribution < 1.29 is 0 Å². The van der Waals surface area contributed by atoms with Crippen LogP contribution in [0.1, 0.15) is 38.1 Å². The van der Waals surface area contributed by atoms with Crippen LogP contribution in [0, 0.1) is 0 Å². The molecule has 0 saturated heterocycles. The lowest BCUT2D eigenvalue weighted by Crippen LogP contribution is -2.02. The molecule has 96 valence electrons. The van der Waals surface area contributed by atoms with Gasteiger partial charge in [-0.15, -0.1) is 21.8 Å². The summed E-state index contributed by atoms with van der Waals surface area (Å²) in [6.45, 7) is 7.28. The summed E-state index contributed by atoms with van der Waals surface area (Å²) in [7, 11) is 0. The molecule has 1 aromatic heterocycles. The molecule has 0 atom stereocenters. The van der Waals surface area contributed by atoms with Crippen molar-refractivity contribution >= 4 is 11.6 Å². The van der Waals surface area contributed by atoms with Gasteiger partial charge >= 0.3 is 0 Å². The molecule has 0 unspecified atom stereocenters. The van der Waals surface area contributed by atoms with Crippen LogP contribution in [0.3, 0.4) is 0 Å². The Kier molecular flexibility index (Phi) is 4.02. The molecule has 4 heteroatoms. The Balaban J connectivity index is 2.39. The maximum Gasteiger partial charge on any atom is 0.163 e. The molecule has 0 amide bonds. The molecule has 0 aliphatic heterocycles. The molecule has 3 nitrogen and oxygen atoms in total. The van der Waals surface area contributed by atoms with Crippen LogP contribution in [0.4, 0.5) is 0 Å². The summed E-state index contributed by atoms with van der Waals surface area (Å²) in [5.74, 6) is 2.65. The fraction of sp³-hybridized carbons (Fsp3) is 0.429. The molecular weight excluding hydrogens is 246 g/mol. The Hall–Kier alpha value is -1.35. The summed E-state index contributed by atoms with van der Waals surface area (Å²) >= 11 is 5.86. The Labute approximate surface area is 113 Å². The lowest BCUT2D eigenvalue weighted by molar-refractivity contribution is 0.731. The zero-order valence-corrected chi connectivity index (χ0v) is 11.8. The standard InChI is InChI=1S/C14H18ClN3/c1-4-18-13(9-15)16-17-14(18)12-7-5-11(6-8-12)10(2)3/h5-8,10H,4,9H2,1-3H3. The molecule has 0 radical (unpaired) electrons. The van der Waals surface area contributed by atoms with Gasteiger partial charge in [-0.2, -0.15) is 0 Å². The zero-order valence-electron chi connectivity index (χ0n) is 11.0. The van der Waals surface area contributed by atoms with E-state index in [0.717, 1.165) is 23.8 Å². The van der Waals surface area contributed by atoms with Crippen molar-refractivity contribution in [2.75, 3.05) is 0 Å². The molecule has 0 aliphatic carbocycles. The second-order valence-electron chi connectivity index (χ2n) is 4.59. The van der Waals surface area contributed by atoms with Gasteiger partial charge in [0, 0.05) is 12.1 Å². The van der Waals surface area contributed by atoms with Gasteiger partial charge in [0.2, 0.25) is 0 Å². The fourth-order valence-electron chi connectivity index (χ4n) is 2.00. The van der Waals surface area contributed by atoms with Crippen LogP contribution in [-0.2, 0) is 12.4 Å². The van der Waals surface area contributed by atoms with Gasteiger partial charge in [0.15, 0.2) is 5.82 Å². The second-order valence-corrected chi connectivity index (χ2v) is 4.86. The summed E-state index contributed by atoms with van der Waals surface area (Å²) in [5.41, 5.74) is 2.42. The van der Waals surface area contributed by atoms with E-state index < -0.39 is 0 Å². The summed E-state index contributed by atoms with van der Waals surface area (Å²) in [5, 5.41) is 8.35. The van der Waals surface area contributed by atoms with Crippen molar-refractivity contribution in [2.24, 2.45) is 0 Å². The van der Waals surface area contributed by atoms with Gasteiger partial charge in [0.05, 0.1) is 5.88 Å². The highest BCUT2D eigenvalue weighted by molar-refractivity contribution is 6.16. The maximum atomic E-state index is 5.86. The van der Waals surface area contributed by atoms with E-state index in [1.54, 1.807) is 0 Å². The van der Waals surface area contributed by atoms with Gasteiger partial charge in [-0.1, -0.05) is 38.1 Å². The number of benzene rings is 1. The number of hydrogen-bond donors (Lipinski definition) is 0. The topological polar surface area (TPSA) is 30.7 Å². The monoisotopic (exact) mass is 263 g/mol. The summed E-state index contributed by atoms with van der Waals surface area (Å²) in [6.07, 6.45) is 0. The molecule has 1 aromatic carbocycles. The van der Waals surface area contributed by atoms with Crippen molar-refractivity contribution in [3.63, 3.8) is 0 Å². The number of nitrogens with zero attached hydrogens (tertiary/aromatic N) is 3. The third kappa shape index (κ3) is 2.41. The third-order valence-corrected chi connectivity index (χ3v) is 3.34. The largest absolute Gasteiger partial charge is 0.310 e. The van der Waals surface area contributed by atoms with Crippen LogP contribution < -0.4 is 0 Å². The lowest BCUT2D eigenvalue weighted by Gasteiger charge is -2.08. The van der Waals surface area contributed by atoms with E-state index in [9.17, 15) is 0 Å². The van der Waals surface area contributed by atoms with Crippen molar-refractivity contribution in [1.82, 2.24) is 14.8 Å². The molecule has 2 aromatic rings. The number of alkyl halides is 1. The van der Waals surface area contributed by atoms with Crippen LogP contribution >= 0.6 is 11.6 Å². The number of aromatic nitrogens is 3. The Morgan fingerprint density at radius 3 is 2.33 bits per heavy atom. The van der Waals surface area contributed by atoms with Crippen molar-refractivity contribution in [2.45, 2.75) is 39.1 Å². The van der Waals surface area contributed by atoms with Crippen LogP contribution in [0.15, 0.2) is 24.3 Å². The minimum absolute atomic E-state index is 0.394. The molecule has 2 rings (SSSR count). The van der Waals surface area contributed by atoms with Gasteiger partial charge in [-0.05, 0) is 18.4 Å². The van der Waals surface area contributed by atoms with Crippen LogP contribution in [0.2, 0.25) is 0 Å². The smallest absolute Gasteiger partial charge is 0.163 e. The minimum Gasteiger partial charge on any atom is -0.310 e. The van der Waals surface area contributed by atoms with E-state index in [1.165, 1.54) is 5.56 Å². The van der Waals surface area contributed by atoms with Gasteiger partial charge in [0.1, 0.15) is 5.82 Å². The highest BCUT2D eigenvalue weighted by Gasteiger charge is 2.11. The average molecular weight is 264 g/mol. The molecule has 0 N–H and O–H groups in total. The van der Waals surface area contributed by atoms with Gasteiger partial charge in [0.25, 0.3) is 0 Å². The van der Waals surface area contributed by atoms with Gasteiger partial charge in [-0.3, -0.25) is 0 Å². The highest BCUT2D eigenvalue weighted by Crippen LogP contribution is 2.22. The maximum absolute atomic E-state index is 5.86. The SMILES string of the molecule is CCn1c(CCl)nnc1-c1ccc(C(C)C)cc1. The lowest BCUT2D eigenvalue weighted by atomic mass is 10.0. The van der Waals surface area contributed by atoms with E-state index >= 15 is 0 Å². The molecular formula is C14H18ClN3. The number of halogens is 1. The molecule has 0 spiro atoms. The normalized spacial score (nSPS) is 11.2. The predicted octanol–water partition coefficient (Wildman–Crippen LogP) is 3.83. The second kappa shape index (κ2) is 5.53. The molecule has 1 heterocycles. The van der Waals surface area contributed by atoms with Crippen LogP contribution in [-0.4, -0.2) is 14.8 Å². The van der Waals surface area contributed by atoms with E-state index in [2.05, 4.69) is 59.8 Å². The first-order valence-corrected chi connectivity index (χ1v) is 6.79. The average Bonchev–Trinajstić information content (AvgIpc) is 2.81. The van der Waals surface area contributed by atoms with E-state index in [0.29, 0.717) is 11.8 Å².